The van der Waals surface area contributed by atoms with E-state index >= 15 is 0 Å². The first kappa shape index (κ1) is 52.8. The molecule has 2 atom stereocenters. The quantitative estimate of drug-likeness (QED) is 0.164. The second-order valence-electron chi connectivity index (χ2n) is 29.7. The molecule has 1 saturated carbocycles. The Morgan fingerprint density at radius 1 is 0.417 bits per heavy atom. The SMILES string of the molecule is CC(C)(C)c1ccc2c(c1)B1c3ccc4oc5ccc(C(C)(C)C)cc5c4c3N(c3ccc(C(C)(C)C)cc3-c3ccccc3)c3cc(N4c5ccc(C(C)(C)C)cc5C5(C)CCCCC45C)cc(c31)N2c1cccc2oc3ccccc3c12. The molecular formula is C78H78BN3O2. The van der Waals surface area contributed by atoms with Crippen LogP contribution in [-0.2, 0) is 27.1 Å². The molecule has 84 heavy (non-hydrogen) atoms. The first-order valence-corrected chi connectivity index (χ1v) is 30.9. The molecule has 2 unspecified atom stereocenters. The number of benzene rings is 9. The molecule has 9 aromatic carbocycles. The third-order valence-corrected chi connectivity index (χ3v) is 20.4. The molecule has 11 aromatic rings. The Labute approximate surface area is 497 Å². The van der Waals surface area contributed by atoms with Crippen LogP contribution in [0.1, 0.15) is 150 Å². The molecule has 0 radical (unpaired) electrons. The van der Waals surface area contributed by atoms with Crippen molar-refractivity contribution < 1.29 is 8.83 Å². The van der Waals surface area contributed by atoms with Crippen LogP contribution >= 0.6 is 0 Å². The van der Waals surface area contributed by atoms with Crippen molar-refractivity contribution in [1.82, 2.24) is 0 Å². The maximum absolute atomic E-state index is 7.13. The molecule has 0 amide bonds. The third-order valence-electron chi connectivity index (χ3n) is 20.4. The number of hydrogen-bond acceptors (Lipinski definition) is 5. The number of fused-ring (bicyclic) bond motifs is 14. The maximum atomic E-state index is 7.13. The van der Waals surface area contributed by atoms with Gasteiger partial charge in [-0.25, -0.2) is 0 Å². The smallest absolute Gasteiger partial charge is 0.252 e. The standard InChI is InChI=1S/C78H78BN3O2/c1-73(2,3)48-29-34-59(54(41-48)47-23-16-15-17-24-47)81-64-46-52(82-60-35-30-50(75(7,8)9)43-56(60)77(13)39-20-21-40-78(77,82)14)45-63-71(64)79(57-33-38-68-70(72(57)81)55-42-49(74(4,5)6)32-37-66(55)84-68)58-44-51(76(10,11)12)31-36-61(58)80(63)62-26-22-28-67-69(62)53-25-18-19-27-65(53)83-67/h15-19,22-38,41-46H,20-21,39-40H2,1-14H3. The highest BCUT2D eigenvalue weighted by Gasteiger charge is 2.58. The summed E-state index contributed by atoms with van der Waals surface area (Å²) in [7, 11) is 0. The Bertz CT molecular complexity index is 4550. The fourth-order valence-electron chi connectivity index (χ4n) is 15.5. The number of hydrogen-bond donors (Lipinski definition) is 0. The van der Waals surface area contributed by atoms with Crippen molar-refractivity contribution in [2.24, 2.45) is 0 Å². The minimum Gasteiger partial charge on any atom is -0.456 e. The molecule has 6 heteroatoms. The second kappa shape index (κ2) is 17.8. The maximum Gasteiger partial charge on any atom is 0.252 e. The molecule has 15 rings (SSSR count). The van der Waals surface area contributed by atoms with Gasteiger partial charge in [-0.05, 0) is 164 Å². The van der Waals surface area contributed by atoms with Crippen molar-refractivity contribution in [2.45, 2.75) is 155 Å². The Kier molecular flexibility index (Phi) is 11.2. The van der Waals surface area contributed by atoms with Crippen molar-refractivity contribution in [3.05, 3.63) is 198 Å². The molecule has 2 aromatic heterocycles. The third kappa shape index (κ3) is 7.60. The van der Waals surface area contributed by atoms with Crippen LogP contribution in [0, 0.1) is 0 Å². The molecule has 5 nitrogen and oxygen atoms in total. The Morgan fingerprint density at radius 2 is 0.976 bits per heavy atom. The normalized spacial score (nSPS) is 18.6. The van der Waals surface area contributed by atoms with Gasteiger partial charge in [0.15, 0.2) is 0 Å². The summed E-state index contributed by atoms with van der Waals surface area (Å²) < 4.78 is 13.9. The van der Waals surface area contributed by atoms with Crippen LogP contribution in [0.3, 0.4) is 0 Å². The van der Waals surface area contributed by atoms with E-state index in [1.54, 1.807) is 0 Å². The molecule has 3 aliphatic heterocycles. The van der Waals surface area contributed by atoms with E-state index in [0.717, 1.165) is 68.1 Å². The fraction of sp³-hybridized carbons (Fsp3) is 0.308. The monoisotopic (exact) mass is 1100 g/mol. The van der Waals surface area contributed by atoms with E-state index in [1.807, 2.05) is 0 Å². The predicted octanol–water partition coefficient (Wildman–Crippen LogP) is 20.2. The lowest BCUT2D eigenvalue weighted by atomic mass is 9.33. The van der Waals surface area contributed by atoms with Crippen molar-refractivity contribution in [1.29, 1.82) is 0 Å². The van der Waals surface area contributed by atoms with Gasteiger partial charge in [0.1, 0.15) is 22.3 Å². The van der Waals surface area contributed by atoms with Gasteiger partial charge in [0.2, 0.25) is 0 Å². The molecule has 4 aliphatic rings. The van der Waals surface area contributed by atoms with Gasteiger partial charge in [0.25, 0.3) is 6.71 Å². The van der Waals surface area contributed by atoms with E-state index in [4.69, 9.17) is 8.83 Å². The van der Waals surface area contributed by atoms with Crippen molar-refractivity contribution >= 4 is 112 Å². The summed E-state index contributed by atoms with van der Waals surface area (Å²) in [6, 6.07) is 65.5. The molecule has 0 spiro atoms. The number of anilines is 8. The largest absolute Gasteiger partial charge is 0.456 e. The van der Waals surface area contributed by atoms with Crippen LogP contribution in [0.15, 0.2) is 179 Å². The van der Waals surface area contributed by atoms with Gasteiger partial charge >= 0.3 is 0 Å². The van der Waals surface area contributed by atoms with Crippen LogP contribution in [0.4, 0.5) is 45.5 Å². The summed E-state index contributed by atoms with van der Waals surface area (Å²) >= 11 is 0. The Hall–Kier alpha value is -7.96. The van der Waals surface area contributed by atoms with Crippen molar-refractivity contribution in [2.75, 3.05) is 14.7 Å². The highest BCUT2D eigenvalue weighted by Crippen LogP contribution is 2.63. The van der Waals surface area contributed by atoms with Crippen molar-refractivity contribution in [3.8, 4) is 11.1 Å². The summed E-state index contributed by atoms with van der Waals surface area (Å²) in [6.45, 7) is 33.2. The molecule has 0 N–H and O–H groups in total. The minimum atomic E-state index is -0.234. The highest BCUT2D eigenvalue weighted by atomic mass is 16.3. The van der Waals surface area contributed by atoms with Crippen LogP contribution < -0.4 is 31.1 Å². The summed E-state index contributed by atoms with van der Waals surface area (Å²) in [4.78, 5) is 8.16. The zero-order valence-corrected chi connectivity index (χ0v) is 51.7. The highest BCUT2D eigenvalue weighted by molar-refractivity contribution is 7.00. The zero-order valence-electron chi connectivity index (χ0n) is 51.7. The molecule has 0 bridgehead atoms. The topological polar surface area (TPSA) is 36.0 Å². The molecule has 1 fully saturated rings. The van der Waals surface area contributed by atoms with E-state index in [2.05, 4.69) is 281 Å². The van der Waals surface area contributed by atoms with Gasteiger partial charge in [-0.2, -0.15) is 0 Å². The van der Waals surface area contributed by atoms with Crippen LogP contribution in [0.5, 0.6) is 0 Å². The van der Waals surface area contributed by atoms with Gasteiger partial charge in [0, 0.05) is 50.2 Å². The van der Waals surface area contributed by atoms with E-state index in [0.29, 0.717) is 0 Å². The summed E-state index contributed by atoms with van der Waals surface area (Å²) in [5.41, 5.74) is 25.3. The van der Waals surface area contributed by atoms with Gasteiger partial charge in [-0.15, -0.1) is 0 Å². The number of furan rings is 2. The minimum absolute atomic E-state index is 0.00294. The average Bonchev–Trinajstić information content (AvgIpc) is 1.25. The molecule has 5 heterocycles. The predicted molar refractivity (Wildman–Crippen MR) is 358 cm³/mol. The van der Waals surface area contributed by atoms with E-state index in [1.165, 1.54) is 102 Å². The lowest BCUT2D eigenvalue weighted by Gasteiger charge is -2.51. The van der Waals surface area contributed by atoms with Gasteiger partial charge < -0.3 is 23.5 Å². The number of para-hydroxylation sites is 1. The number of nitrogens with zero attached hydrogens (tertiary/aromatic N) is 3. The van der Waals surface area contributed by atoms with Crippen LogP contribution in [0.25, 0.3) is 55.0 Å². The molecule has 1 aliphatic carbocycles. The van der Waals surface area contributed by atoms with E-state index in [9.17, 15) is 0 Å². The lowest BCUT2D eigenvalue weighted by Crippen LogP contribution is -2.61. The first-order chi connectivity index (χ1) is 39.9. The van der Waals surface area contributed by atoms with Crippen LogP contribution in [0.2, 0.25) is 0 Å². The van der Waals surface area contributed by atoms with E-state index < -0.39 is 0 Å². The van der Waals surface area contributed by atoms with Crippen LogP contribution in [-0.4, -0.2) is 12.3 Å². The second-order valence-corrected chi connectivity index (χ2v) is 29.7. The average molecular weight is 1100 g/mol. The van der Waals surface area contributed by atoms with Gasteiger partial charge in [0.05, 0.1) is 33.4 Å². The van der Waals surface area contributed by atoms with Gasteiger partial charge in [-0.3, -0.25) is 0 Å². The molecule has 0 saturated heterocycles. The lowest BCUT2D eigenvalue weighted by molar-refractivity contribution is 0.195. The summed E-state index contributed by atoms with van der Waals surface area (Å²) in [5.74, 6) is 0. The van der Waals surface area contributed by atoms with Crippen molar-refractivity contribution in [3.63, 3.8) is 0 Å². The van der Waals surface area contributed by atoms with Gasteiger partial charge in [-0.1, -0.05) is 200 Å². The zero-order chi connectivity index (χ0) is 58.4. The summed E-state index contributed by atoms with van der Waals surface area (Å²) in [5, 5.41) is 4.51. The summed E-state index contributed by atoms with van der Waals surface area (Å²) in [6.07, 6.45) is 4.60. The first-order valence-electron chi connectivity index (χ1n) is 30.9. The van der Waals surface area contributed by atoms with E-state index in [-0.39, 0.29) is 39.3 Å². The molecular weight excluding hydrogens is 1020 g/mol. The fourth-order valence-corrected chi connectivity index (χ4v) is 15.5. The molecule has 420 valence electrons. The number of rotatable bonds is 4. The Balaban J connectivity index is 1.15. The Morgan fingerprint density at radius 3 is 1.69 bits per heavy atom.